The second-order valence-electron chi connectivity index (χ2n) is 4.70. The number of hydrogen-bond acceptors (Lipinski definition) is 6. The van der Waals surface area contributed by atoms with Crippen LogP contribution >= 0.6 is 0 Å². The molecule has 1 amide bonds. The number of esters is 2. The lowest BCUT2D eigenvalue weighted by Crippen LogP contribution is -2.36. The molecule has 0 aliphatic rings. The monoisotopic (exact) mass is 322 g/mol. The highest BCUT2D eigenvalue weighted by atomic mass is 16.5. The number of carbonyl (C=O) groups excluding carboxylic acids is 3. The van der Waals surface area contributed by atoms with Crippen LogP contribution in [0.2, 0.25) is 0 Å². The van der Waals surface area contributed by atoms with Gasteiger partial charge in [-0.3, -0.25) is 14.4 Å². The molecule has 1 rings (SSSR count). The minimum absolute atomic E-state index is 0.0871. The van der Waals surface area contributed by atoms with E-state index in [1.54, 1.807) is 43.0 Å². The highest BCUT2D eigenvalue weighted by Gasteiger charge is 2.17. The molecular weight excluding hydrogens is 300 g/mol. The zero-order chi connectivity index (χ0) is 17.2. The first kappa shape index (κ1) is 18.5. The van der Waals surface area contributed by atoms with Crippen LogP contribution in [0.15, 0.2) is 24.3 Å². The number of benzene rings is 1. The van der Waals surface area contributed by atoms with Crippen molar-refractivity contribution in [2.75, 3.05) is 36.5 Å². The van der Waals surface area contributed by atoms with Crippen molar-refractivity contribution in [2.24, 2.45) is 0 Å². The predicted octanol–water partition coefficient (Wildman–Crippen LogP) is 1.58. The minimum Gasteiger partial charge on any atom is -0.465 e. The fraction of sp³-hybridized carbons (Fsp3) is 0.438. The van der Waals surface area contributed by atoms with Crippen LogP contribution in [0.3, 0.4) is 0 Å². The first-order valence-electron chi connectivity index (χ1n) is 7.40. The van der Waals surface area contributed by atoms with Gasteiger partial charge in [-0.1, -0.05) is 6.07 Å². The second kappa shape index (κ2) is 9.45. The maximum absolute atomic E-state index is 11.7. The molecule has 0 saturated carbocycles. The lowest BCUT2D eigenvalue weighted by Gasteiger charge is -2.23. The molecule has 0 aliphatic carbocycles. The van der Waals surface area contributed by atoms with Gasteiger partial charge in [0.2, 0.25) is 5.91 Å². The molecule has 0 fully saturated rings. The van der Waals surface area contributed by atoms with E-state index < -0.39 is 11.9 Å². The lowest BCUT2D eigenvalue weighted by molar-refractivity contribution is -0.142. The standard InChI is InChI=1S/C16H22N2O5/c1-4-22-15(20)10-18(11-16(21)23-5-2)14-8-6-7-13(9-14)17-12(3)19/h6-9H,4-5,10-11H2,1-3H3,(H,17,19). The van der Waals surface area contributed by atoms with Crippen molar-refractivity contribution in [1.82, 2.24) is 0 Å². The van der Waals surface area contributed by atoms with Crippen molar-refractivity contribution in [3.8, 4) is 0 Å². The van der Waals surface area contributed by atoms with Gasteiger partial charge in [0.05, 0.1) is 13.2 Å². The number of hydrogen-bond donors (Lipinski definition) is 1. The number of amides is 1. The highest BCUT2D eigenvalue weighted by Crippen LogP contribution is 2.19. The smallest absolute Gasteiger partial charge is 0.325 e. The Bertz CT molecular complexity index is 539. The van der Waals surface area contributed by atoms with Gasteiger partial charge in [0, 0.05) is 18.3 Å². The average Bonchev–Trinajstić information content (AvgIpc) is 2.46. The molecular formula is C16H22N2O5. The molecule has 0 saturated heterocycles. The molecule has 0 unspecified atom stereocenters. The van der Waals surface area contributed by atoms with Gasteiger partial charge in [0.1, 0.15) is 13.1 Å². The van der Waals surface area contributed by atoms with Gasteiger partial charge in [-0.2, -0.15) is 0 Å². The highest BCUT2D eigenvalue weighted by molar-refractivity contribution is 5.89. The molecule has 23 heavy (non-hydrogen) atoms. The first-order chi connectivity index (χ1) is 11.0. The topological polar surface area (TPSA) is 84.9 Å². The Hall–Kier alpha value is -2.57. The van der Waals surface area contributed by atoms with Gasteiger partial charge in [-0.05, 0) is 32.0 Å². The van der Waals surface area contributed by atoms with E-state index in [2.05, 4.69) is 5.32 Å². The summed E-state index contributed by atoms with van der Waals surface area (Å²) in [6.07, 6.45) is 0. The third kappa shape index (κ3) is 6.82. The number of nitrogens with one attached hydrogen (secondary N) is 1. The van der Waals surface area contributed by atoms with E-state index in [0.717, 1.165) is 0 Å². The van der Waals surface area contributed by atoms with Crippen LogP contribution in [0, 0.1) is 0 Å². The van der Waals surface area contributed by atoms with Crippen molar-refractivity contribution in [2.45, 2.75) is 20.8 Å². The van der Waals surface area contributed by atoms with Crippen LogP contribution in [0.5, 0.6) is 0 Å². The maximum atomic E-state index is 11.7. The van der Waals surface area contributed by atoms with E-state index in [0.29, 0.717) is 11.4 Å². The zero-order valence-corrected chi connectivity index (χ0v) is 13.6. The van der Waals surface area contributed by atoms with Gasteiger partial charge in [-0.25, -0.2) is 0 Å². The molecule has 7 nitrogen and oxygen atoms in total. The third-order valence-corrected chi connectivity index (χ3v) is 2.78. The molecule has 126 valence electrons. The van der Waals surface area contributed by atoms with E-state index in [9.17, 15) is 14.4 Å². The van der Waals surface area contributed by atoms with Crippen molar-refractivity contribution in [1.29, 1.82) is 0 Å². The number of anilines is 2. The van der Waals surface area contributed by atoms with Gasteiger partial charge >= 0.3 is 11.9 Å². The number of carbonyl (C=O) groups is 3. The van der Waals surface area contributed by atoms with Crippen LogP contribution in [0.25, 0.3) is 0 Å². The summed E-state index contributed by atoms with van der Waals surface area (Å²) in [7, 11) is 0. The lowest BCUT2D eigenvalue weighted by atomic mass is 10.2. The van der Waals surface area contributed by atoms with Crippen LogP contribution < -0.4 is 10.2 Å². The molecule has 7 heteroatoms. The van der Waals surface area contributed by atoms with Crippen LogP contribution in [-0.4, -0.2) is 44.1 Å². The summed E-state index contributed by atoms with van der Waals surface area (Å²) in [6, 6.07) is 6.87. The Labute approximate surface area is 135 Å². The summed E-state index contributed by atoms with van der Waals surface area (Å²) in [5, 5.41) is 2.66. The first-order valence-corrected chi connectivity index (χ1v) is 7.40. The van der Waals surface area contributed by atoms with Crippen molar-refractivity contribution in [3.05, 3.63) is 24.3 Å². The molecule has 1 N–H and O–H groups in total. The average molecular weight is 322 g/mol. The Morgan fingerprint density at radius 2 is 1.61 bits per heavy atom. The zero-order valence-electron chi connectivity index (χ0n) is 13.6. The Balaban J connectivity index is 2.95. The fourth-order valence-corrected chi connectivity index (χ4v) is 1.95. The van der Waals surface area contributed by atoms with Crippen molar-refractivity contribution in [3.63, 3.8) is 0 Å². The largest absolute Gasteiger partial charge is 0.465 e. The van der Waals surface area contributed by atoms with E-state index in [-0.39, 0.29) is 32.2 Å². The van der Waals surface area contributed by atoms with Crippen molar-refractivity contribution >= 4 is 29.2 Å². The van der Waals surface area contributed by atoms with Crippen molar-refractivity contribution < 1.29 is 23.9 Å². The normalized spacial score (nSPS) is 9.87. The molecule has 0 radical (unpaired) electrons. The summed E-state index contributed by atoms with van der Waals surface area (Å²) in [5.41, 5.74) is 1.19. The minimum atomic E-state index is -0.443. The summed E-state index contributed by atoms with van der Waals surface area (Å²) < 4.78 is 9.86. The number of ether oxygens (including phenoxy) is 2. The van der Waals surface area contributed by atoms with Gasteiger partial charge in [0.25, 0.3) is 0 Å². The van der Waals surface area contributed by atoms with Gasteiger partial charge in [0.15, 0.2) is 0 Å². The molecule has 0 aromatic heterocycles. The quantitative estimate of drug-likeness (QED) is 0.731. The van der Waals surface area contributed by atoms with Gasteiger partial charge in [-0.15, -0.1) is 0 Å². The molecule has 0 bridgehead atoms. The van der Waals surface area contributed by atoms with Crippen LogP contribution in [0.1, 0.15) is 20.8 Å². The number of rotatable bonds is 8. The Kier molecular flexibility index (Phi) is 7.59. The van der Waals surface area contributed by atoms with Crippen LogP contribution in [0.4, 0.5) is 11.4 Å². The molecule has 0 aliphatic heterocycles. The van der Waals surface area contributed by atoms with E-state index in [4.69, 9.17) is 9.47 Å². The third-order valence-electron chi connectivity index (χ3n) is 2.78. The summed E-state index contributed by atoms with van der Waals surface area (Å²) in [4.78, 5) is 36.2. The fourth-order valence-electron chi connectivity index (χ4n) is 1.95. The van der Waals surface area contributed by atoms with E-state index in [1.165, 1.54) is 6.92 Å². The molecule has 0 spiro atoms. The summed E-state index contributed by atoms with van der Waals surface area (Å²) >= 11 is 0. The summed E-state index contributed by atoms with van der Waals surface area (Å²) in [5.74, 6) is -1.09. The van der Waals surface area contributed by atoms with E-state index in [1.807, 2.05) is 0 Å². The Morgan fingerprint density at radius 3 is 2.09 bits per heavy atom. The van der Waals surface area contributed by atoms with E-state index >= 15 is 0 Å². The number of nitrogens with zero attached hydrogens (tertiary/aromatic N) is 1. The molecule has 0 heterocycles. The molecule has 1 aromatic rings. The second-order valence-corrected chi connectivity index (χ2v) is 4.70. The SMILES string of the molecule is CCOC(=O)CN(CC(=O)OCC)c1cccc(NC(C)=O)c1. The summed E-state index contributed by atoms with van der Waals surface area (Å²) in [6.45, 7) is 5.18. The maximum Gasteiger partial charge on any atom is 0.325 e. The Morgan fingerprint density at radius 1 is 1.04 bits per heavy atom. The van der Waals surface area contributed by atoms with Gasteiger partial charge < -0.3 is 19.7 Å². The predicted molar refractivity (Wildman–Crippen MR) is 86.2 cm³/mol. The van der Waals surface area contributed by atoms with Crippen LogP contribution in [-0.2, 0) is 23.9 Å². The molecule has 0 atom stereocenters. The molecule has 1 aromatic carbocycles.